The molecule has 0 fully saturated rings. The number of amides is 1. The highest BCUT2D eigenvalue weighted by atomic mass is 79.9. The van der Waals surface area contributed by atoms with Gasteiger partial charge in [0.2, 0.25) is 0 Å². The van der Waals surface area contributed by atoms with Gasteiger partial charge >= 0.3 is 0 Å². The topological polar surface area (TPSA) is 38.3 Å². The van der Waals surface area contributed by atoms with Crippen molar-refractivity contribution < 1.29 is 9.53 Å². The van der Waals surface area contributed by atoms with Gasteiger partial charge in [0.15, 0.2) is 0 Å². The molecule has 1 aromatic carbocycles. The number of carbonyl (C=O) groups excluding carboxylic acids is 1. The van der Waals surface area contributed by atoms with Gasteiger partial charge < -0.3 is 10.1 Å². The zero-order valence-corrected chi connectivity index (χ0v) is 12.8. The number of hydrogen-bond donors (Lipinski definition) is 1. The van der Waals surface area contributed by atoms with Crippen LogP contribution in [0.3, 0.4) is 0 Å². The number of rotatable bonds is 6. The molecule has 1 aromatic rings. The molecular weight excluding hydrogens is 350 g/mol. The molecular formula is C12H15Br2NO2. The van der Waals surface area contributed by atoms with E-state index in [1.807, 2.05) is 25.1 Å². The van der Waals surface area contributed by atoms with Crippen LogP contribution in [0.4, 0.5) is 0 Å². The van der Waals surface area contributed by atoms with Crippen LogP contribution in [-0.4, -0.2) is 31.0 Å². The summed E-state index contributed by atoms with van der Waals surface area (Å²) in [6, 6.07) is 5.66. The molecule has 0 bridgehead atoms. The minimum atomic E-state index is -0.0840. The predicted molar refractivity (Wildman–Crippen MR) is 75.8 cm³/mol. The summed E-state index contributed by atoms with van der Waals surface area (Å²) in [7, 11) is 0. The highest BCUT2D eigenvalue weighted by Gasteiger charge is 2.08. The van der Waals surface area contributed by atoms with Crippen LogP contribution in [0.2, 0.25) is 0 Å². The van der Waals surface area contributed by atoms with Crippen LogP contribution in [0.5, 0.6) is 0 Å². The zero-order valence-electron chi connectivity index (χ0n) is 9.63. The average molecular weight is 365 g/mol. The third-order valence-electron chi connectivity index (χ3n) is 2.12. The van der Waals surface area contributed by atoms with Gasteiger partial charge in [-0.2, -0.15) is 0 Å². The first-order valence-electron chi connectivity index (χ1n) is 5.33. The van der Waals surface area contributed by atoms with E-state index in [0.29, 0.717) is 25.3 Å². The Morgan fingerprint density at radius 3 is 2.82 bits per heavy atom. The molecule has 0 aliphatic rings. The fourth-order valence-corrected chi connectivity index (χ4v) is 2.20. The summed E-state index contributed by atoms with van der Waals surface area (Å²) in [6.45, 7) is 3.69. The Kier molecular flexibility index (Phi) is 6.77. The predicted octanol–water partition coefficient (Wildman–Crippen LogP) is 2.90. The number of nitrogens with one attached hydrogen (secondary N) is 1. The standard InChI is InChI=1S/C12H15Br2NO2/c1-9-2-3-10(11(14)8-9)12(16)15-5-7-17-6-4-13/h2-3,8H,4-7H2,1H3,(H,15,16). The van der Waals surface area contributed by atoms with Gasteiger partial charge in [-0.1, -0.05) is 22.0 Å². The lowest BCUT2D eigenvalue weighted by Gasteiger charge is -2.07. The van der Waals surface area contributed by atoms with E-state index < -0.39 is 0 Å². The summed E-state index contributed by atoms with van der Waals surface area (Å²) in [5, 5.41) is 3.62. The molecule has 0 saturated heterocycles. The summed E-state index contributed by atoms with van der Waals surface area (Å²) < 4.78 is 6.06. The summed E-state index contributed by atoms with van der Waals surface area (Å²) in [5.74, 6) is -0.0840. The van der Waals surface area contributed by atoms with E-state index in [2.05, 4.69) is 37.2 Å². The Bertz CT molecular complexity index is 383. The Morgan fingerprint density at radius 2 is 2.18 bits per heavy atom. The third kappa shape index (κ3) is 5.19. The lowest BCUT2D eigenvalue weighted by molar-refractivity contribution is 0.0923. The molecule has 17 heavy (non-hydrogen) atoms. The average Bonchev–Trinajstić information content (AvgIpc) is 2.28. The number of aryl methyl sites for hydroxylation is 1. The molecule has 0 aromatic heterocycles. The second kappa shape index (κ2) is 7.84. The quantitative estimate of drug-likeness (QED) is 0.622. The maximum Gasteiger partial charge on any atom is 0.252 e. The van der Waals surface area contributed by atoms with Crippen molar-refractivity contribution in [2.45, 2.75) is 6.92 Å². The van der Waals surface area contributed by atoms with E-state index in [1.54, 1.807) is 0 Å². The van der Waals surface area contributed by atoms with Crippen LogP contribution in [0, 0.1) is 6.92 Å². The highest BCUT2D eigenvalue weighted by Crippen LogP contribution is 2.17. The van der Waals surface area contributed by atoms with Gasteiger partial charge in [-0.25, -0.2) is 0 Å². The number of hydrogen-bond acceptors (Lipinski definition) is 2. The smallest absolute Gasteiger partial charge is 0.252 e. The van der Waals surface area contributed by atoms with Crippen molar-refractivity contribution in [1.82, 2.24) is 5.32 Å². The molecule has 0 spiro atoms. The molecule has 0 heterocycles. The van der Waals surface area contributed by atoms with Crippen LogP contribution in [0.15, 0.2) is 22.7 Å². The molecule has 0 aliphatic carbocycles. The van der Waals surface area contributed by atoms with Gasteiger partial charge in [-0.05, 0) is 40.5 Å². The summed E-state index contributed by atoms with van der Waals surface area (Å²) >= 11 is 6.65. The molecule has 1 N–H and O–H groups in total. The fourth-order valence-electron chi connectivity index (χ4n) is 1.29. The molecule has 0 saturated carbocycles. The minimum Gasteiger partial charge on any atom is -0.379 e. The number of ether oxygens (including phenoxy) is 1. The van der Waals surface area contributed by atoms with E-state index in [-0.39, 0.29) is 5.91 Å². The van der Waals surface area contributed by atoms with Crippen LogP contribution in [0.1, 0.15) is 15.9 Å². The fraction of sp³-hybridized carbons (Fsp3) is 0.417. The van der Waals surface area contributed by atoms with Crippen molar-refractivity contribution in [3.8, 4) is 0 Å². The Labute approximate surface area is 118 Å². The molecule has 0 atom stereocenters. The molecule has 3 nitrogen and oxygen atoms in total. The number of benzene rings is 1. The van der Waals surface area contributed by atoms with Crippen LogP contribution >= 0.6 is 31.9 Å². The summed E-state index contributed by atoms with van der Waals surface area (Å²) in [4.78, 5) is 11.8. The number of halogens is 2. The Hall–Kier alpha value is -0.390. The van der Waals surface area contributed by atoms with E-state index in [9.17, 15) is 4.79 Å². The number of alkyl halides is 1. The monoisotopic (exact) mass is 363 g/mol. The summed E-state index contributed by atoms with van der Waals surface area (Å²) in [5.41, 5.74) is 1.77. The van der Waals surface area contributed by atoms with Gasteiger partial charge in [0, 0.05) is 16.3 Å². The molecule has 1 rings (SSSR count). The normalized spacial score (nSPS) is 10.3. The lowest BCUT2D eigenvalue weighted by atomic mass is 10.1. The van der Waals surface area contributed by atoms with Crippen LogP contribution < -0.4 is 5.32 Å². The van der Waals surface area contributed by atoms with Gasteiger partial charge in [-0.15, -0.1) is 0 Å². The second-order valence-corrected chi connectivity index (χ2v) is 5.19. The molecule has 1 amide bonds. The third-order valence-corrected chi connectivity index (χ3v) is 3.10. The molecule has 5 heteroatoms. The summed E-state index contributed by atoms with van der Waals surface area (Å²) in [6.07, 6.45) is 0. The van der Waals surface area contributed by atoms with Crippen LogP contribution in [0.25, 0.3) is 0 Å². The van der Waals surface area contributed by atoms with Crippen molar-refractivity contribution in [1.29, 1.82) is 0 Å². The van der Waals surface area contributed by atoms with Crippen molar-refractivity contribution >= 4 is 37.8 Å². The Balaban J connectivity index is 2.42. The molecule has 0 aliphatic heterocycles. The van der Waals surface area contributed by atoms with Crippen molar-refractivity contribution in [2.75, 3.05) is 25.1 Å². The molecule has 0 unspecified atom stereocenters. The molecule has 0 radical (unpaired) electrons. The van der Waals surface area contributed by atoms with Gasteiger partial charge in [0.05, 0.1) is 18.8 Å². The van der Waals surface area contributed by atoms with Gasteiger partial charge in [0.25, 0.3) is 5.91 Å². The van der Waals surface area contributed by atoms with Crippen molar-refractivity contribution in [3.05, 3.63) is 33.8 Å². The van der Waals surface area contributed by atoms with Crippen molar-refractivity contribution in [2.24, 2.45) is 0 Å². The first kappa shape index (κ1) is 14.7. The van der Waals surface area contributed by atoms with E-state index >= 15 is 0 Å². The van der Waals surface area contributed by atoms with E-state index in [1.165, 1.54) is 0 Å². The second-order valence-electron chi connectivity index (χ2n) is 3.54. The highest BCUT2D eigenvalue weighted by molar-refractivity contribution is 9.10. The van der Waals surface area contributed by atoms with Crippen LogP contribution in [-0.2, 0) is 4.74 Å². The minimum absolute atomic E-state index is 0.0840. The van der Waals surface area contributed by atoms with E-state index in [0.717, 1.165) is 15.4 Å². The largest absolute Gasteiger partial charge is 0.379 e. The molecule has 94 valence electrons. The zero-order chi connectivity index (χ0) is 12.7. The first-order chi connectivity index (χ1) is 8.15. The lowest BCUT2D eigenvalue weighted by Crippen LogP contribution is -2.27. The van der Waals surface area contributed by atoms with E-state index in [4.69, 9.17) is 4.74 Å². The maximum atomic E-state index is 11.8. The van der Waals surface area contributed by atoms with Crippen molar-refractivity contribution in [3.63, 3.8) is 0 Å². The maximum absolute atomic E-state index is 11.8. The van der Waals surface area contributed by atoms with Gasteiger partial charge in [-0.3, -0.25) is 4.79 Å². The SMILES string of the molecule is Cc1ccc(C(=O)NCCOCCBr)c(Br)c1. The Morgan fingerprint density at radius 1 is 1.41 bits per heavy atom. The first-order valence-corrected chi connectivity index (χ1v) is 7.24. The van der Waals surface area contributed by atoms with Gasteiger partial charge in [0.1, 0.15) is 0 Å². The number of carbonyl (C=O) groups is 1.